The van der Waals surface area contributed by atoms with Gasteiger partial charge in [-0.05, 0) is 31.1 Å². The number of carbonyl (C=O) groups is 1. The summed E-state index contributed by atoms with van der Waals surface area (Å²) in [6.45, 7) is 4.95. The minimum Gasteiger partial charge on any atom is -0.545 e. The van der Waals surface area contributed by atoms with Crippen molar-refractivity contribution in [3.05, 3.63) is 23.3 Å². The van der Waals surface area contributed by atoms with Crippen molar-refractivity contribution in [2.45, 2.75) is 38.2 Å². The number of aliphatic imine (C=N–C) groups is 1. The fourth-order valence-electron chi connectivity index (χ4n) is 9.72. The number of quaternary nitrogens is 1. The number of likely N-dealkylation sites (tertiary alicyclic amines) is 1. The lowest BCUT2D eigenvalue weighted by molar-refractivity contribution is -0.831. The Balaban J connectivity index is 1.81. The van der Waals surface area contributed by atoms with Gasteiger partial charge in [0.2, 0.25) is 0 Å². The van der Waals surface area contributed by atoms with E-state index in [-0.39, 0.29) is 41.5 Å². The number of carboxylic acids is 1. The Labute approximate surface area is 207 Å². The SMILES string of the molecule is CN=C(N)[NH+]1CC[C@@]2(CNCCO)C=C[C@H]3[C@@]45C(=C(C(=O)[O-])[C@]3(O)COC)C[C@@H](CC[C@H]4C)[C@]25C1. The number of hydrogen-bond donors (Lipinski definition) is 5. The second-order valence-electron chi connectivity index (χ2n) is 11.5. The highest BCUT2D eigenvalue weighted by molar-refractivity contribution is 5.91. The first-order valence-corrected chi connectivity index (χ1v) is 12.9. The van der Waals surface area contributed by atoms with E-state index in [0.29, 0.717) is 25.5 Å². The molecule has 2 bridgehead atoms. The molecule has 0 amide bonds. The van der Waals surface area contributed by atoms with E-state index < -0.39 is 22.9 Å². The summed E-state index contributed by atoms with van der Waals surface area (Å²) in [6, 6.07) is 0. The number of aliphatic hydroxyl groups is 2. The number of aliphatic hydroxyl groups excluding tert-OH is 1. The molecule has 0 radical (unpaired) electrons. The molecule has 9 heteroatoms. The van der Waals surface area contributed by atoms with Crippen molar-refractivity contribution in [3.63, 3.8) is 0 Å². The van der Waals surface area contributed by atoms with Crippen LogP contribution in [0.4, 0.5) is 0 Å². The number of nitrogens with one attached hydrogen (secondary N) is 2. The van der Waals surface area contributed by atoms with E-state index in [4.69, 9.17) is 10.5 Å². The summed E-state index contributed by atoms with van der Waals surface area (Å²) in [7, 11) is 3.22. The molecule has 2 saturated carbocycles. The fourth-order valence-corrected chi connectivity index (χ4v) is 9.72. The Morgan fingerprint density at radius 3 is 2.86 bits per heavy atom. The van der Waals surface area contributed by atoms with Crippen LogP contribution < -0.4 is 21.1 Å². The topological polar surface area (TPSA) is 145 Å². The summed E-state index contributed by atoms with van der Waals surface area (Å²) in [5, 5.41) is 37.8. The number of allylic oxidation sites excluding steroid dienone is 1. The Hall–Kier alpha value is -1.78. The van der Waals surface area contributed by atoms with Gasteiger partial charge in [-0.25, -0.2) is 4.99 Å². The van der Waals surface area contributed by atoms with Crippen molar-refractivity contribution in [1.82, 2.24) is 5.32 Å². The van der Waals surface area contributed by atoms with Gasteiger partial charge in [0.15, 0.2) is 0 Å². The average molecular weight is 489 g/mol. The second-order valence-corrected chi connectivity index (χ2v) is 11.5. The van der Waals surface area contributed by atoms with E-state index in [2.05, 4.69) is 29.4 Å². The first-order chi connectivity index (χ1) is 16.7. The highest BCUT2D eigenvalue weighted by Gasteiger charge is 2.83. The lowest BCUT2D eigenvalue weighted by atomic mass is 9.36. The van der Waals surface area contributed by atoms with Gasteiger partial charge in [-0.1, -0.05) is 24.6 Å². The van der Waals surface area contributed by atoms with Crippen LogP contribution in [0.5, 0.6) is 0 Å². The Kier molecular flexibility index (Phi) is 5.96. The molecule has 6 N–H and O–H groups in total. The van der Waals surface area contributed by atoms with E-state index in [1.807, 2.05) is 0 Å². The van der Waals surface area contributed by atoms with Gasteiger partial charge in [-0.2, -0.15) is 0 Å². The molecule has 1 unspecified atom stereocenters. The Morgan fingerprint density at radius 1 is 1.43 bits per heavy atom. The molecule has 0 aromatic rings. The van der Waals surface area contributed by atoms with Crippen molar-refractivity contribution < 1.29 is 29.8 Å². The normalized spacial score (nSPS) is 46.0. The number of ether oxygens (including phenoxy) is 1. The molecule has 194 valence electrons. The molecular weight excluding hydrogens is 448 g/mol. The molecule has 2 spiro atoms. The van der Waals surface area contributed by atoms with E-state index in [1.165, 1.54) is 7.11 Å². The minimum atomic E-state index is -1.64. The molecule has 5 rings (SSSR count). The number of nitrogens with zero attached hydrogens (tertiary/aromatic N) is 1. The number of hydrogen-bond acceptors (Lipinski definition) is 7. The molecule has 0 aromatic heterocycles. The smallest absolute Gasteiger partial charge is 0.293 e. The predicted molar refractivity (Wildman–Crippen MR) is 128 cm³/mol. The Morgan fingerprint density at radius 2 is 2.20 bits per heavy atom. The summed E-state index contributed by atoms with van der Waals surface area (Å²) in [5.41, 5.74) is 4.59. The van der Waals surface area contributed by atoms with Crippen LogP contribution in [0.25, 0.3) is 0 Å². The molecule has 3 fully saturated rings. The zero-order chi connectivity index (χ0) is 25.2. The minimum absolute atomic E-state index is 0.0491. The van der Waals surface area contributed by atoms with Crippen LogP contribution >= 0.6 is 0 Å². The van der Waals surface area contributed by atoms with Gasteiger partial charge < -0.3 is 35.9 Å². The molecular formula is C26H40N4O5. The molecule has 5 aliphatic rings. The number of guanidine groups is 1. The van der Waals surface area contributed by atoms with Gasteiger partial charge in [-0.15, -0.1) is 0 Å². The Bertz CT molecular complexity index is 996. The molecule has 1 saturated heterocycles. The number of nitrogens with two attached hydrogens (primary N) is 1. The number of rotatable bonds is 7. The standard InChI is InChI=1S/C26H40N4O5/c1-16-4-5-17-12-18-20(21(32)33)24(34,15-35-3)19-6-7-23(13-29-9-11-31)8-10-30(22(27)28-2)14-25(17,23)26(16,18)19/h6-7,16-17,19,29,31,34H,4-5,8-15H2,1-3H3,(H2,27,28)(H,32,33)/t16-,17-,19-,23-,24+,25-,26+/m1/s1. The molecule has 1 aliphatic heterocycles. The predicted octanol–water partition coefficient (Wildman–Crippen LogP) is -2.17. The van der Waals surface area contributed by atoms with Gasteiger partial charge >= 0.3 is 0 Å². The first-order valence-electron chi connectivity index (χ1n) is 12.9. The molecule has 9 nitrogen and oxygen atoms in total. The maximum atomic E-state index is 12.7. The summed E-state index contributed by atoms with van der Waals surface area (Å²) in [6.07, 6.45) is 7.87. The van der Waals surface area contributed by atoms with Crippen LogP contribution in [0.1, 0.15) is 32.6 Å². The van der Waals surface area contributed by atoms with E-state index in [1.54, 1.807) is 7.05 Å². The van der Waals surface area contributed by atoms with Gasteiger partial charge in [0.05, 0.1) is 32.3 Å². The average Bonchev–Trinajstić information content (AvgIpc) is 3.17. The van der Waals surface area contributed by atoms with Gasteiger partial charge in [-0.3, -0.25) is 4.90 Å². The third-order valence-corrected chi connectivity index (χ3v) is 10.6. The summed E-state index contributed by atoms with van der Waals surface area (Å²) in [4.78, 5) is 18.2. The quantitative estimate of drug-likeness (QED) is 0.119. The highest BCUT2D eigenvalue weighted by atomic mass is 16.5. The number of methoxy groups -OCH3 is 1. The maximum absolute atomic E-state index is 12.7. The number of piperidine rings is 1. The van der Waals surface area contributed by atoms with Gasteiger partial charge in [0.25, 0.3) is 5.96 Å². The largest absolute Gasteiger partial charge is 0.545 e. The second kappa shape index (κ2) is 8.38. The first kappa shape index (κ1) is 24.9. The van der Waals surface area contributed by atoms with Crippen molar-refractivity contribution in [1.29, 1.82) is 0 Å². The molecule has 35 heavy (non-hydrogen) atoms. The third kappa shape index (κ3) is 2.82. The number of carboxylic acid groups (broad SMARTS) is 1. The monoisotopic (exact) mass is 488 g/mol. The third-order valence-electron chi connectivity index (χ3n) is 10.6. The fraction of sp³-hybridized carbons (Fsp3) is 0.769. The van der Waals surface area contributed by atoms with Crippen LogP contribution in [0, 0.1) is 34.0 Å². The summed E-state index contributed by atoms with van der Waals surface area (Å²) < 4.78 is 5.46. The maximum Gasteiger partial charge on any atom is 0.293 e. The van der Waals surface area contributed by atoms with Crippen LogP contribution in [-0.4, -0.2) is 81.3 Å². The molecule has 4 aliphatic carbocycles. The highest BCUT2D eigenvalue weighted by Crippen LogP contribution is 2.82. The van der Waals surface area contributed by atoms with E-state index >= 15 is 0 Å². The number of carbonyl (C=O) groups excluding carboxylic acids is 1. The summed E-state index contributed by atoms with van der Waals surface area (Å²) in [5.74, 6) is -0.693. The molecule has 0 aromatic carbocycles. The number of aliphatic carboxylic acids is 1. The van der Waals surface area contributed by atoms with E-state index in [9.17, 15) is 20.1 Å². The van der Waals surface area contributed by atoms with Crippen molar-refractivity contribution in [3.8, 4) is 0 Å². The van der Waals surface area contributed by atoms with Crippen LogP contribution in [-0.2, 0) is 9.53 Å². The van der Waals surface area contributed by atoms with Crippen LogP contribution in [0.15, 0.2) is 28.3 Å². The van der Waals surface area contributed by atoms with E-state index in [0.717, 1.165) is 42.8 Å². The van der Waals surface area contributed by atoms with Crippen molar-refractivity contribution >= 4 is 11.9 Å². The van der Waals surface area contributed by atoms with Crippen LogP contribution in [0.2, 0.25) is 0 Å². The van der Waals surface area contributed by atoms with Crippen molar-refractivity contribution in [2.75, 3.05) is 53.6 Å². The molecule has 8 atom stereocenters. The molecule has 1 heterocycles. The van der Waals surface area contributed by atoms with Gasteiger partial charge in [0, 0.05) is 61.4 Å². The van der Waals surface area contributed by atoms with Gasteiger partial charge in [0.1, 0.15) is 5.60 Å². The lowest BCUT2D eigenvalue weighted by Gasteiger charge is -2.68. The zero-order valence-corrected chi connectivity index (χ0v) is 21.1. The zero-order valence-electron chi connectivity index (χ0n) is 21.1. The van der Waals surface area contributed by atoms with Crippen molar-refractivity contribution in [2.24, 2.45) is 44.7 Å². The van der Waals surface area contributed by atoms with Crippen LogP contribution in [0.3, 0.4) is 0 Å². The summed E-state index contributed by atoms with van der Waals surface area (Å²) >= 11 is 0. The lowest BCUT2D eigenvalue weighted by Crippen LogP contribution is -3.19.